The van der Waals surface area contributed by atoms with Crippen LogP contribution in [0, 0.1) is 0 Å². The molecular formula is C11H17N3O2S. The lowest BCUT2D eigenvalue weighted by Crippen LogP contribution is -2.24. The number of thioether (sulfide) groups is 1. The van der Waals surface area contributed by atoms with Gasteiger partial charge in [-0.3, -0.25) is 4.79 Å². The van der Waals surface area contributed by atoms with Crippen LogP contribution in [0.15, 0.2) is 23.2 Å². The van der Waals surface area contributed by atoms with Gasteiger partial charge >= 0.3 is 5.97 Å². The van der Waals surface area contributed by atoms with E-state index in [0.717, 1.165) is 5.03 Å². The van der Waals surface area contributed by atoms with E-state index in [-0.39, 0.29) is 11.7 Å². The number of carbonyl (C=O) groups is 1. The van der Waals surface area contributed by atoms with Gasteiger partial charge in [0.05, 0.1) is 10.8 Å². The molecule has 1 heterocycles. The van der Waals surface area contributed by atoms with Crippen molar-refractivity contribution in [2.45, 2.75) is 31.4 Å². The number of aromatic nitrogens is 1. The first-order valence-electron chi connectivity index (χ1n) is 5.19. The number of nitrogens with one attached hydrogen (secondary N) is 1. The second-order valence-electron chi connectivity index (χ2n) is 4.38. The lowest BCUT2D eigenvalue weighted by atomic mass is 10.2. The van der Waals surface area contributed by atoms with Crippen molar-refractivity contribution in [2.75, 3.05) is 11.2 Å². The number of hydrogen-bond donors (Lipinski definition) is 2. The van der Waals surface area contributed by atoms with Crippen molar-refractivity contribution in [3.8, 4) is 0 Å². The molecule has 0 amide bonds. The fraction of sp³-hybridized carbons (Fsp3) is 0.455. The highest BCUT2D eigenvalue weighted by Crippen LogP contribution is 2.18. The van der Waals surface area contributed by atoms with Crippen LogP contribution < -0.4 is 11.3 Å². The van der Waals surface area contributed by atoms with Gasteiger partial charge in [0.1, 0.15) is 11.4 Å². The Hall–Kier alpha value is -1.27. The summed E-state index contributed by atoms with van der Waals surface area (Å²) in [5.41, 5.74) is 2.00. The molecule has 0 saturated carbocycles. The molecule has 0 fully saturated rings. The average Bonchev–Trinajstić information content (AvgIpc) is 2.24. The molecule has 0 aliphatic carbocycles. The summed E-state index contributed by atoms with van der Waals surface area (Å²) in [5, 5.41) is 0.728. The van der Waals surface area contributed by atoms with E-state index in [4.69, 9.17) is 10.6 Å². The van der Waals surface area contributed by atoms with E-state index in [1.807, 2.05) is 32.9 Å². The summed E-state index contributed by atoms with van der Waals surface area (Å²) >= 11 is 1.32. The first-order chi connectivity index (χ1) is 7.90. The van der Waals surface area contributed by atoms with Crippen molar-refractivity contribution >= 4 is 23.5 Å². The highest BCUT2D eigenvalue weighted by molar-refractivity contribution is 7.99. The molecule has 0 aliphatic heterocycles. The molecule has 0 radical (unpaired) electrons. The topological polar surface area (TPSA) is 77.2 Å². The maximum atomic E-state index is 11.5. The first kappa shape index (κ1) is 13.8. The summed E-state index contributed by atoms with van der Waals surface area (Å²) in [7, 11) is 0. The van der Waals surface area contributed by atoms with Gasteiger partial charge in [0.25, 0.3) is 0 Å². The van der Waals surface area contributed by atoms with Gasteiger partial charge in [0.2, 0.25) is 0 Å². The maximum Gasteiger partial charge on any atom is 0.316 e. The van der Waals surface area contributed by atoms with Crippen molar-refractivity contribution in [3.63, 3.8) is 0 Å². The zero-order valence-electron chi connectivity index (χ0n) is 10.2. The minimum absolute atomic E-state index is 0.234. The number of carbonyl (C=O) groups excluding carboxylic acids is 1. The fourth-order valence-electron chi connectivity index (χ4n) is 1.08. The van der Waals surface area contributed by atoms with Gasteiger partial charge in [-0.1, -0.05) is 17.8 Å². The number of hydrazine groups is 1. The summed E-state index contributed by atoms with van der Waals surface area (Å²) < 4.78 is 5.19. The minimum atomic E-state index is -0.453. The van der Waals surface area contributed by atoms with E-state index in [1.54, 1.807) is 6.07 Å². The number of nitrogens with two attached hydrogens (primary N) is 1. The third-order valence-corrected chi connectivity index (χ3v) is 2.53. The molecular weight excluding hydrogens is 238 g/mol. The summed E-state index contributed by atoms with van der Waals surface area (Å²) in [6.45, 7) is 5.52. The van der Waals surface area contributed by atoms with E-state index < -0.39 is 5.60 Å². The Morgan fingerprint density at radius 3 is 2.82 bits per heavy atom. The van der Waals surface area contributed by atoms with Crippen molar-refractivity contribution in [1.29, 1.82) is 0 Å². The molecule has 0 saturated heterocycles. The van der Waals surface area contributed by atoms with Crippen LogP contribution in [-0.2, 0) is 9.53 Å². The van der Waals surface area contributed by atoms with Crippen LogP contribution in [0.3, 0.4) is 0 Å². The SMILES string of the molecule is CC(C)(C)OC(=O)CSc1cccc(NN)n1. The van der Waals surface area contributed by atoms with E-state index >= 15 is 0 Å². The van der Waals surface area contributed by atoms with Gasteiger partial charge in [-0.15, -0.1) is 0 Å². The molecule has 0 spiro atoms. The number of anilines is 1. The molecule has 17 heavy (non-hydrogen) atoms. The molecule has 0 atom stereocenters. The highest BCUT2D eigenvalue weighted by Gasteiger charge is 2.16. The first-order valence-corrected chi connectivity index (χ1v) is 6.17. The zero-order valence-corrected chi connectivity index (χ0v) is 11.0. The quantitative estimate of drug-likeness (QED) is 0.370. The van der Waals surface area contributed by atoms with Gasteiger partial charge in [-0.2, -0.15) is 0 Å². The molecule has 0 aromatic carbocycles. The Bertz CT molecular complexity index is 391. The Labute approximate surface area is 105 Å². The Balaban J connectivity index is 2.47. The van der Waals surface area contributed by atoms with Gasteiger partial charge in [-0.25, -0.2) is 10.8 Å². The highest BCUT2D eigenvalue weighted by atomic mass is 32.2. The number of nitrogen functional groups attached to an aromatic ring is 1. The van der Waals surface area contributed by atoms with Gasteiger partial charge in [0.15, 0.2) is 0 Å². The van der Waals surface area contributed by atoms with Gasteiger partial charge in [-0.05, 0) is 32.9 Å². The average molecular weight is 255 g/mol. The second kappa shape index (κ2) is 5.88. The van der Waals surface area contributed by atoms with Crippen LogP contribution in [0.4, 0.5) is 5.82 Å². The van der Waals surface area contributed by atoms with Crippen LogP contribution in [0.5, 0.6) is 0 Å². The molecule has 0 aliphatic rings. The lowest BCUT2D eigenvalue weighted by Gasteiger charge is -2.19. The molecule has 6 heteroatoms. The van der Waals surface area contributed by atoms with Gasteiger partial charge < -0.3 is 10.2 Å². The summed E-state index contributed by atoms with van der Waals surface area (Å²) in [6.07, 6.45) is 0. The number of rotatable bonds is 4. The number of nitrogens with zero attached hydrogens (tertiary/aromatic N) is 1. The third kappa shape index (κ3) is 5.55. The minimum Gasteiger partial charge on any atom is -0.459 e. The fourth-order valence-corrected chi connectivity index (χ4v) is 1.74. The van der Waals surface area contributed by atoms with Crippen LogP contribution in [0.1, 0.15) is 20.8 Å². The van der Waals surface area contributed by atoms with E-state index in [9.17, 15) is 4.79 Å². The van der Waals surface area contributed by atoms with E-state index in [0.29, 0.717) is 5.82 Å². The van der Waals surface area contributed by atoms with Crippen LogP contribution in [0.2, 0.25) is 0 Å². The standard InChI is InChI=1S/C11H17N3O2S/c1-11(2,3)16-10(15)7-17-9-6-4-5-8(13-9)14-12/h4-6H,7,12H2,1-3H3,(H,13,14). The lowest BCUT2D eigenvalue weighted by molar-refractivity contribution is -0.151. The molecule has 3 N–H and O–H groups in total. The number of hydrogen-bond acceptors (Lipinski definition) is 6. The number of esters is 1. The summed E-state index contributed by atoms with van der Waals surface area (Å²) in [4.78, 5) is 15.7. The smallest absolute Gasteiger partial charge is 0.316 e. The summed E-state index contributed by atoms with van der Waals surface area (Å²) in [6, 6.07) is 5.38. The molecule has 1 aromatic rings. The van der Waals surface area contributed by atoms with Crippen molar-refractivity contribution in [3.05, 3.63) is 18.2 Å². The molecule has 0 bridgehead atoms. The van der Waals surface area contributed by atoms with Crippen LogP contribution in [0.25, 0.3) is 0 Å². The zero-order chi connectivity index (χ0) is 12.9. The Morgan fingerprint density at radius 2 is 2.24 bits per heavy atom. The van der Waals surface area contributed by atoms with Crippen molar-refractivity contribution < 1.29 is 9.53 Å². The number of ether oxygens (including phenoxy) is 1. The van der Waals surface area contributed by atoms with Crippen molar-refractivity contribution in [1.82, 2.24) is 4.98 Å². The van der Waals surface area contributed by atoms with E-state index in [1.165, 1.54) is 11.8 Å². The normalized spacial score (nSPS) is 11.1. The molecule has 1 aromatic heterocycles. The predicted molar refractivity (Wildman–Crippen MR) is 68.6 cm³/mol. The van der Waals surface area contributed by atoms with Crippen LogP contribution in [-0.4, -0.2) is 22.3 Å². The van der Waals surface area contributed by atoms with Gasteiger partial charge in [0, 0.05) is 0 Å². The maximum absolute atomic E-state index is 11.5. The molecule has 5 nitrogen and oxygen atoms in total. The largest absolute Gasteiger partial charge is 0.459 e. The third-order valence-electron chi connectivity index (χ3n) is 1.63. The Kier molecular flexibility index (Phi) is 4.77. The molecule has 1 rings (SSSR count). The number of pyridine rings is 1. The predicted octanol–water partition coefficient (Wildman–Crippen LogP) is 1.80. The van der Waals surface area contributed by atoms with E-state index in [2.05, 4.69) is 10.4 Å². The summed E-state index contributed by atoms with van der Waals surface area (Å²) in [5.74, 6) is 5.79. The van der Waals surface area contributed by atoms with Crippen LogP contribution >= 0.6 is 11.8 Å². The monoisotopic (exact) mass is 255 g/mol. The van der Waals surface area contributed by atoms with Crippen molar-refractivity contribution in [2.24, 2.45) is 5.84 Å². The Morgan fingerprint density at radius 1 is 1.53 bits per heavy atom. The molecule has 0 unspecified atom stereocenters. The second-order valence-corrected chi connectivity index (χ2v) is 5.38. The molecule has 94 valence electrons.